The summed E-state index contributed by atoms with van der Waals surface area (Å²) >= 11 is 13.6. The maximum atomic E-state index is 12.4. The van der Waals surface area contributed by atoms with Gasteiger partial charge in [0.05, 0.1) is 21.2 Å². The van der Waals surface area contributed by atoms with Gasteiger partial charge in [-0.1, -0.05) is 23.2 Å². The third-order valence-corrected chi connectivity index (χ3v) is 4.73. The zero-order chi connectivity index (χ0) is 14.2. The lowest BCUT2D eigenvalue weighted by atomic mass is 10.1. The van der Waals surface area contributed by atoms with Gasteiger partial charge < -0.3 is 10.0 Å². The van der Waals surface area contributed by atoms with Crippen molar-refractivity contribution in [3.05, 3.63) is 27.7 Å². The smallest absolute Gasteiger partial charge is 0.255 e. The van der Waals surface area contributed by atoms with Gasteiger partial charge in [0, 0.05) is 18.0 Å². The first-order valence-corrected chi connectivity index (χ1v) is 7.87. The first-order chi connectivity index (χ1) is 8.84. The highest BCUT2D eigenvalue weighted by atomic mass is 35.5. The van der Waals surface area contributed by atoms with E-state index < -0.39 is 5.60 Å². The number of hydrogen-bond acceptors (Lipinski definition) is 3. The number of β-amino-alcohol motifs (C(OH)–C–C–N with tert-alkyl or cyclic N) is 1. The van der Waals surface area contributed by atoms with E-state index in [4.69, 9.17) is 23.2 Å². The SMILES string of the molecule is CSc1cc(C(=O)N2CC[C@](C)(O)C2)c(Cl)cc1Cl. The highest BCUT2D eigenvalue weighted by molar-refractivity contribution is 7.98. The zero-order valence-electron chi connectivity index (χ0n) is 10.7. The molecular formula is C13H15Cl2NO2S. The molecular weight excluding hydrogens is 305 g/mol. The van der Waals surface area contributed by atoms with Crippen LogP contribution in [0, 0.1) is 0 Å². The summed E-state index contributed by atoms with van der Waals surface area (Å²) < 4.78 is 0. The predicted molar refractivity (Wildman–Crippen MR) is 79.4 cm³/mol. The van der Waals surface area contributed by atoms with E-state index >= 15 is 0 Å². The second kappa shape index (κ2) is 5.52. The lowest BCUT2D eigenvalue weighted by molar-refractivity contribution is 0.0572. The van der Waals surface area contributed by atoms with Gasteiger partial charge in [-0.3, -0.25) is 4.79 Å². The fourth-order valence-corrected chi connectivity index (χ4v) is 3.32. The summed E-state index contributed by atoms with van der Waals surface area (Å²) in [6.45, 7) is 2.61. The van der Waals surface area contributed by atoms with Gasteiger partial charge in [0.1, 0.15) is 0 Å². The van der Waals surface area contributed by atoms with Crippen molar-refractivity contribution in [1.82, 2.24) is 4.90 Å². The van der Waals surface area contributed by atoms with Gasteiger partial charge in [-0.15, -0.1) is 11.8 Å². The van der Waals surface area contributed by atoms with E-state index in [-0.39, 0.29) is 5.91 Å². The van der Waals surface area contributed by atoms with Crippen LogP contribution in [0.2, 0.25) is 10.0 Å². The zero-order valence-corrected chi connectivity index (χ0v) is 13.1. The number of thioether (sulfide) groups is 1. The number of hydrogen-bond donors (Lipinski definition) is 1. The molecule has 0 spiro atoms. The molecule has 1 amide bonds. The number of halogens is 2. The van der Waals surface area contributed by atoms with E-state index in [2.05, 4.69) is 0 Å². The molecule has 0 aliphatic carbocycles. The molecule has 1 aliphatic rings. The van der Waals surface area contributed by atoms with Crippen LogP contribution in [0.3, 0.4) is 0 Å². The molecule has 3 nitrogen and oxygen atoms in total. The highest BCUT2D eigenvalue weighted by Crippen LogP contribution is 2.32. The summed E-state index contributed by atoms with van der Waals surface area (Å²) in [5, 5.41) is 10.8. The largest absolute Gasteiger partial charge is 0.388 e. The minimum Gasteiger partial charge on any atom is -0.388 e. The first-order valence-electron chi connectivity index (χ1n) is 5.89. The normalized spacial score (nSPS) is 22.9. The molecule has 2 rings (SSSR count). The van der Waals surface area contributed by atoms with E-state index in [9.17, 15) is 9.90 Å². The Bertz CT molecular complexity index is 520. The number of amides is 1. The Morgan fingerprint density at radius 3 is 2.63 bits per heavy atom. The van der Waals surface area contributed by atoms with E-state index in [1.165, 1.54) is 11.8 Å². The van der Waals surface area contributed by atoms with Crippen LogP contribution in [0.4, 0.5) is 0 Å². The van der Waals surface area contributed by atoms with Crippen LogP contribution < -0.4 is 0 Å². The number of carbonyl (C=O) groups excluding carboxylic acids is 1. The lowest BCUT2D eigenvalue weighted by Crippen LogP contribution is -2.34. The first kappa shape index (κ1) is 15.0. The van der Waals surface area contributed by atoms with Gasteiger partial charge in [0.15, 0.2) is 0 Å². The van der Waals surface area contributed by atoms with Crippen LogP contribution in [0.15, 0.2) is 17.0 Å². The number of benzene rings is 1. The van der Waals surface area contributed by atoms with E-state index in [0.717, 1.165) is 4.90 Å². The molecule has 0 aromatic heterocycles. The topological polar surface area (TPSA) is 40.5 Å². The van der Waals surface area contributed by atoms with Gasteiger partial charge in [-0.25, -0.2) is 0 Å². The van der Waals surface area contributed by atoms with Crippen LogP contribution in [0.25, 0.3) is 0 Å². The molecule has 1 aromatic carbocycles. The summed E-state index contributed by atoms with van der Waals surface area (Å²) in [7, 11) is 0. The van der Waals surface area contributed by atoms with Crippen molar-refractivity contribution in [3.63, 3.8) is 0 Å². The minimum absolute atomic E-state index is 0.158. The Kier molecular flexibility index (Phi) is 4.35. The third kappa shape index (κ3) is 3.19. The second-order valence-corrected chi connectivity index (χ2v) is 6.60. The molecule has 1 saturated heterocycles. The molecule has 0 unspecified atom stereocenters. The molecule has 0 bridgehead atoms. The summed E-state index contributed by atoms with van der Waals surface area (Å²) in [5.41, 5.74) is -0.371. The molecule has 1 aromatic rings. The van der Waals surface area contributed by atoms with Crippen molar-refractivity contribution in [2.45, 2.75) is 23.8 Å². The van der Waals surface area contributed by atoms with Crippen LogP contribution in [-0.2, 0) is 0 Å². The van der Waals surface area contributed by atoms with Gasteiger partial charge in [-0.2, -0.15) is 0 Å². The van der Waals surface area contributed by atoms with Gasteiger partial charge >= 0.3 is 0 Å². The molecule has 0 saturated carbocycles. The summed E-state index contributed by atoms with van der Waals surface area (Å²) in [6, 6.07) is 3.31. The molecule has 1 N–H and O–H groups in total. The van der Waals surface area contributed by atoms with Gasteiger partial charge in [0.25, 0.3) is 5.91 Å². The summed E-state index contributed by atoms with van der Waals surface area (Å²) in [4.78, 5) is 14.9. The maximum absolute atomic E-state index is 12.4. The number of nitrogens with zero attached hydrogens (tertiary/aromatic N) is 1. The molecule has 19 heavy (non-hydrogen) atoms. The minimum atomic E-state index is -0.809. The van der Waals surface area contributed by atoms with Crippen molar-refractivity contribution in [3.8, 4) is 0 Å². The average molecular weight is 320 g/mol. The Morgan fingerprint density at radius 2 is 2.11 bits per heavy atom. The van der Waals surface area contributed by atoms with Crippen molar-refractivity contribution in [2.24, 2.45) is 0 Å². The molecule has 1 aliphatic heterocycles. The van der Waals surface area contributed by atoms with Crippen LogP contribution in [0.5, 0.6) is 0 Å². The Labute approximate surface area is 126 Å². The predicted octanol–water partition coefficient (Wildman–Crippen LogP) is 3.31. The number of carbonyl (C=O) groups is 1. The Morgan fingerprint density at radius 1 is 1.42 bits per heavy atom. The van der Waals surface area contributed by atoms with Gasteiger partial charge in [0.2, 0.25) is 0 Å². The molecule has 104 valence electrons. The number of rotatable bonds is 2. The van der Waals surface area contributed by atoms with E-state index in [0.29, 0.717) is 35.1 Å². The molecule has 1 fully saturated rings. The third-order valence-electron chi connectivity index (χ3n) is 3.21. The number of likely N-dealkylation sites (tertiary alicyclic amines) is 1. The maximum Gasteiger partial charge on any atom is 0.255 e. The second-order valence-electron chi connectivity index (χ2n) is 4.94. The van der Waals surface area contributed by atoms with E-state index in [1.807, 2.05) is 6.26 Å². The lowest BCUT2D eigenvalue weighted by Gasteiger charge is -2.20. The van der Waals surface area contributed by atoms with Crippen molar-refractivity contribution < 1.29 is 9.90 Å². The fourth-order valence-electron chi connectivity index (χ4n) is 2.14. The standard InChI is InChI=1S/C13H15Cl2NO2S/c1-13(18)3-4-16(7-13)12(17)8-5-11(19-2)10(15)6-9(8)14/h5-6,18H,3-4,7H2,1-2H3/t13-/m0/s1. The van der Waals surface area contributed by atoms with Crippen molar-refractivity contribution in [1.29, 1.82) is 0 Å². The van der Waals surface area contributed by atoms with Crippen LogP contribution in [-0.4, -0.2) is 40.9 Å². The summed E-state index contributed by atoms with van der Waals surface area (Å²) in [5.74, 6) is -0.158. The monoisotopic (exact) mass is 319 g/mol. The van der Waals surface area contributed by atoms with Crippen molar-refractivity contribution >= 4 is 40.9 Å². The van der Waals surface area contributed by atoms with Gasteiger partial charge in [-0.05, 0) is 31.7 Å². The fraction of sp³-hybridized carbons (Fsp3) is 0.462. The van der Waals surface area contributed by atoms with Crippen LogP contribution >= 0.6 is 35.0 Å². The molecule has 6 heteroatoms. The van der Waals surface area contributed by atoms with E-state index in [1.54, 1.807) is 24.0 Å². The molecule has 0 radical (unpaired) electrons. The average Bonchev–Trinajstić information content (AvgIpc) is 2.69. The quantitative estimate of drug-likeness (QED) is 0.850. The number of aliphatic hydroxyl groups is 1. The van der Waals surface area contributed by atoms with Crippen LogP contribution in [0.1, 0.15) is 23.7 Å². The Hall–Kier alpha value is -0.420. The van der Waals surface area contributed by atoms with Crippen molar-refractivity contribution in [2.75, 3.05) is 19.3 Å². The Balaban J connectivity index is 2.29. The summed E-state index contributed by atoms with van der Waals surface area (Å²) in [6.07, 6.45) is 2.48. The highest BCUT2D eigenvalue weighted by Gasteiger charge is 2.35. The molecule has 1 atom stereocenters. The molecule has 1 heterocycles.